The number of esters is 1. The summed E-state index contributed by atoms with van der Waals surface area (Å²) >= 11 is 3.39. The van der Waals surface area contributed by atoms with Crippen LogP contribution in [-0.2, 0) is 20.7 Å². The van der Waals surface area contributed by atoms with Crippen molar-refractivity contribution in [3.05, 3.63) is 64.1 Å². The van der Waals surface area contributed by atoms with Crippen LogP contribution in [0.15, 0.2) is 53.0 Å². The molecule has 0 aliphatic rings. The van der Waals surface area contributed by atoms with E-state index in [4.69, 9.17) is 4.74 Å². The highest BCUT2D eigenvalue weighted by Gasteiger charge is 2.16. The van der Waals surface area contributed by atoms with Gasteiger partial charge in [-0.05, 0) is 43.2 Å². The zero-order valence-corrected chi connectivity index (χ0v) is 15.4. The van der Waals surface area contributed by atoms with Crippen LogP contribution in [0, 0.1) is 6.92 Å². The van der Waals surface area contributed by atoms with Gasteiger partial charge in [0.25, 0.3) is 5.91 Å². The molecule has 5 heteroatoms. The first-order valence-corrected chi connectivity index (χ1v) is 8.56. The lowest BCUT2D eigenvalue weighted by Crippen LogP contribution is -2.34. The second-order valence-electron chi connectivity index (χ2n) is 5.41. The molecular formula is C19H20BrNO3. The Morgan fingerprint density at radius 2 is 1.88 bits per heavy atom. The fraction of sp³-hybridized carbons (Fsp3) is 0.263. The fourth-order valence-corrected chi connectivity index (χ4v) is 2.79. The molecule has 2 aromatic carbocycles. The minimum absolute atomic E-state index is 0.130. The van der Waals surface area contributed by atoms with E-state index in [1.165, 1.54) is 0 Å². The standard InChI is InChI=1S/C19H20BrNO3/c1-3-21(16-9-6-7-14(2)11-16)18(22)13-24-19(23)12-15-8-4-5-10-17(15)20/h4-11H,3,12-13H2,1-2H3. The Balaban J connectivity index is 1.94. The van der Waals surface area contributed by atoms with Crippen LogP contribution in [0.5, 0.6) is 0 Å². The number of rotatable bonds is 6. The molecule has 0 spiro atoms. The van der Waals surface area contributed by atoms with Crippen molar-refractivity contribution in [2.45, 2.75) is 20.3 Å². The largest absolute Gasteiger partial charge is 0.455 e. The third-order valence-electron chi connectivity index (χ3n) is 3.58. The lowest BCUT2D eigenvalue weighted by Gasteiger charge is -2.21. The first-order chi connectivity index (χ1) is 11.5. The van der Waals surface area contributed by atoms with E-state index in [-0.39, 0.29) is 18.9 Å². The molecule has 0 aromatic heterocycles. The van der Waals surface area contributed by atoms with Gasteiger partial charge in [0.05, 0.1) is 6.42 Å². The van der Waals surface area contributed by atoms with Gasteiger partial charge in [-0.1, -0.05) is 46.3 Å². The molecule has 0 bridgehead atoms. The molecule has 126 valence electrons. The van der Waals surface area contributed by atoms with Gasteiger partial charge in [0.2, 0.25) is 0 Å². The second kappa shape index (κ2) is 8.64. The molecule has 0 fully saturated rings. The van der Waals surface area contributed by atoms with E-state index in [0.29, 0.717) is 6.54 Å². The van der Waals surface area contributed by atoms with Gasteiger partial charge in [0.1, 0.15) is 0 Å². The van der Waals surface area contributed by atoms with Crippen molar-refractivity contribution < 1.29 is 14.3 Å². The Morgan fingerprint density at radius 1 is 1.12 bits per heavy atom. The summed E-state index contributed by atoms with van der Waals surface area (Å²) in [5.41, 5.74) is 2.72. The first kappa shape index (κ1) is 18.2. The molecule has 2 aromatic rings. The molecule has 0 atom stereocenters. The molecule has 0 saturated heterocycles. The summed E-state index contributed by atoms with van der Waals surface area (Å²) in [6, 6.07) is 15.1. The van der Waals surface area contributed by atoms with Crippen LogP contribution in [-0.4, -0.2) is 25.0 Å². The number of ether oxygens (including phenoxy) is 1. The van der Waals surface area contributed by atoms with Crippen LogP contribution in [0.1, 0.15) is 18.1 Å². The highest BCUT2D eigenvalue weighted by Crippen LogP contribution is 2.18. The van der Waals surface area contributed by atoms with E-state index in [0.717, 1.165) is 21.3 Å². The van der Waals surface area contributed by atoms with Crippen LogP contribution in [0.4, 0.5) is 5.69 Å². The number of amides is 1. The van der Waals surface area contributed by atoms with E-state index in [2.05, 4.69) is 15.9 Å². The molecule has 24 heavy (non-hydrogen) atoms. The van der Waals surface area contributed by atoms with Crippen LogP contribution >= 0.6 is 15.9 Å². The quantitative estimate of drug-likeness (QED) is 0.703. The van der Waals surface area contributed by atoms with Crippen molar-refractivity contribution in [2.75, 3.05) is 18.1 Å². The van der Waals surface area contributed by atoms with Crippen LogP contribution in [0.3, 0.4) is 0 Å². The number of nitrogens with zero attached hydrogens (tertiary/aromatic N) is 1. The normalized spacial score (nSPS) is 10.3. The van der Waals surface area contributed by atoms with E-state index < -0.39 is 5.97 Å². The van der Waals surface area contributed by atoms with E-state index in [1.807, 2.05) is 62.4 Å². The fourth-order valence-electron chi connectivity index (χ4n) is 2.37. The summed E-state index contributed by atoms with van der Waals surface area (Å²) < 4.78 is 6.00. The number of halogens is 1. The number of hydrogen-bond acceptors (Lipinski definition) is 3. The van der Waals surface area contributed by atoms with Crippen molar-refractivity contribution in [1.29, 1.82) is 0 Å². The lowest BCUT2D eigenvalue weighted by atomic mass is 10.1. The number of hydrogen-bond donors (Lipinski definition) is 0. The maximum absolute atomic E-state index is 12.3. The second-order valence-corrected chi connectivity index (χ2v) is 6.26. The van der Waals surface area contributed by atoms with Gasteiger partial charge in [0, 0.05) is 16.7 Å². The molecule has 0 aliphatic heterocycles. The lowest BCUT2D eigenvalue weighted by molar-refractivity contribution is -0.147. The van der Waals surface area contributed by atoms with Crippen molar-refractivity contribution in [3.63, 3.8) is 0 Å². The Bertz CT molecular complexity index is 730. The maximum atomic E-state index is 12.3. The van der Waals surface area contributed by atoms with E-state index in [1.54, 1.807) is 4.90 Å². The molecule has 0 unspecified atom stereocenters. The number of likely N-dealkylation sites (N-methyl/N-ethyl adjacent to an activating group) is 1. The minimum atomic E-state index is -0.421. The summed E-state index contributed by atoms with van der Waals surface area (Å²) in [6.07, 6.45) is 0.130. The van der Waals surface area contributed by atoms with E-state index >= 15 is 0 Å². The Labute approximate surface area is 150 Å². The summed E-state index contributed by atoms with van der Waals surface area (Å²) in [5, 5.41) is 0. The van der Waals surface area contributed by atoms with Gasteiger partial charge in [-0.3, -0.25) is 9.59 Å². The van der Waals surface area contributed by atoms with Gasteiger partial charge in [0.15, 0.2) is 6.61 Å². The monoisotopic (exact) mass is 389 g/mol. The summed E-state index contributed by atoms with van der Waals surface area (Å²) in [4.78, 5) is 25.9. The number of benzene rings is 2. The van der Waals surface area contributed by atoms with Crippen LogP contribution < -0.4 is 4.90 Å². The predicted molar refractivity (Wildman–Crippen MR) is 98.0 cm³/mol. The van der Waals surface area contributed by atoms with Crippen molar-refractivity contribution in [2.24, 2.45) is 0 Å². The zero-order chi connectivity index (χ0) is 17.5. The smallest absolute Gasteiger partial charge is 0.310 e. The van der Waals surface area contributed by atoms with Gasteiger partial charge < -0.3 is 9.64 Å². The topological polar surface area (TPSA) is 46.6 Å². The third-order valence-corrected chi connectivity index (χ3v) is 4.35. The number of carbonyl (C=O) groups excluding carboxylic acids is 2. The van der Waals surface area contributed by atoms with Crippen LogP contribution in [0.2, 0.25) is 0 Å². The average molecular weight is 390 g/mol. The van der Waals surface area contributed by atoms with Gasteiger partial charge in [-0.15, -0.1) is 0 Å². The molecule has 0 aliphatic carbocycles. The molecule has 2 rings (SSSR count). The molecule has 4 nitrogen and oxygen atoms in total. The minimum Gasteiger partial charge on any atom is -0.455 e. The maximum Gasteiger partial charge on any atom is 0.310 e. The van der Waals surface area contributed by atoms with Crippen LogP contribution in [0.25, 0.3) is 0 Å². The van der Waals surface area contributed by atoms with Crippen molar-refractivity contribution in [3.8, 4) is 0 Å². The predicted octanol–water partition coefficient (Wildman–Crippen LogP) is 3.90. The third kappa shape index (κ3) is 4.93. The molecular weight excluding hydrogens is 370 g/mol. The highest BCUT2D eigenvalue weighted by atomic mass is 79.9. The molecule has 0 radical (unpaired) electrons. The first-order valence-electron chi connectivity index (χ1n) is 7.77. The summed E-state index contributed by atoms with van der Waals surface area (Å²) in [5.74, 6) is -0.654. The van der Waals surface area contributed by atoms with Gasteiger partial charge in [-0.2, -0.15) is 0 Å². The average Bonchev–Trinajstić information content (AvgIpc) is 2.56. The number of carbonyl (C=O) groups is 2. The van der Waals surface area contributed by atoms with Gasteiger partial charge in [-0.25, -0.2) is 0 Å². The Hall–Kier alpha value is -2.14. The zero-order valence-electron chi connectivity index (χ0n) is 13.8. The SMILES string of the molecule is CCN(C(=O)COC(=O)Cc1ccccc1Br)c1cccc(C)c1. The molecule has 0 saturated carbocycles. The molecule has 0 N–H and O–H groups in total. The summed E-state index contributed by atoms with van der Waals surface area (Å²) in [6.45, 7) is 4.12. The Kier molecular flexibility index (Phi) is 6.55. The number of aryl methyl sites for hydroxylation is 1. The molecule has 0 heterocycles. The van der Waals surface area contributed by atoms with Gasteiger partial charge >= 0.3 is 5.97 Å². The number of anilines is 1. The summed E-state index contributed by atoms with van der Waals surface area (Å²) in [7, 11) is 0. The Morgan fingerprint density at radius 3 is 2.54 bits per heavy atom. The highest BCUT2D eigenvalue weighted by molar-refractivity contribution is 9.10. The van der Waals surface area contributed by atoms with E-state index in [9.17, 15) is 9.59 Å². The van der Waals surface area contributed by atoms with Crippen molar-refractivity contribution in [1.82, 2.24) is 0 Å². The van der Waals surface area contributed by atoms with Crippen molar-refractivity contribution >= 4 is 33.5 Å². The molecule has 1 amide bonds.